The number of unbranched alkanes of at least 4 members (excludes halogenated alkanes) is 3. The van der Waals surface area contributed by atoms with E-state index in [0.29, 0.717) is 0 Å². The lowest BCUT2D eigenvalue weighted by Gasteiger charge is -2.46. The summed E-state index contributed by atoms with van der Waals surface area (Å²) in [6.07, 6.45) is 5.29. The highest BCUT2D eigenvalue weighted by Gasteiger charge is 2.31. The Morgan fingerprint density at radius 3 is 0.750 bits per heavy atom. The molecule has 0 aliphatic carbocycles. The first-order valence-electron chi connectivity index (χ1n) is 10.0. The molecule has 0 heterocycles. The van der Waals surface area contributed by atoms with Gasteiger partial charge in [0, 0.05) is 22.2 Å². The lowest BCUT2D eigenvalue weighted by Crippen LogP contribution is -2.53. The largest absolute Gasteiger partial charge is 0.294 e. The van der Waals surface area contributed by atoms with E-state index in [2.05, 4.69) is 92.9 Å². The Morgan fingerprint density at radius 1 is 0.375 bits per heavy atom. The molecule has 0 aliphatic heterocycles. The summed E-state index contributed by atoms with van der Waals surface area (Å²) in [6.45, 7) is 30.4. The van der Waals surface area contributed by atoms with E-state index in [1.807, 2.05) is 0 Å². The Bertz CT molecular complexity index is 280. The molecule has 0 aliphatic rings. The Hall–Kier alpha value is -0.0800. The predicted octanol–water partition coefficient (Wildman–Crippen LogP) is 6.34. The normalized spacial score (nSPS) is 14.8. The van der Waals surface area contributed by atoms with Gasteiger partial charge in [0.1, 0.15) is 0 Å². The van der Waals surface area contributed by atoms with E-state index < -0.39 is 0 Å². The Labute approximate surface area is 154 Å². The van der Waals surface area contributed by atoms with Gasteiger partial charge in [-0.1, -0.05) is 12.8 Å². The number of nitrogens with zero attached hydrogens (tertiary/aromatic N) is 2. The van der Waals surface area contributed by atoms with Gasteiger partial charge in [-0.3, -0.25) is 9.80 Å². The van der Waals surface area contributed by atoms with Crippen LogP contribution in [0.3, 0.4) is 0 Å². The second-order valence-electron chi connectivity index (χ2n) is 11.4. The van der Waals surface area contributed by atoms with E-state index in [1.54, 1.807) is 0 Å². The third-order valence-corrected chi connectivity index (χ3v) is 4.75. The molecule has 0 saturated heterocycles. The van der Waals surface area contributed by atoms with Crippen LogP contribution in [0.15, 0.2) is 0 Å². The van der Waals surface area contributed by atoms with Crippen molar-refractivity contribution in [2.75, 3.05) is 13.1 Å². The molecule has 0 bridgehead atoms. The van der Waals surface area contributed by atoms with Gasteiger partial charge in [-0.25, -0.2) is 0 Å². The fraction of sp³-hybridized carbons (Fsp3) is 1.00. The molecule has 2 heteroatoms. The van der Waals surface area contributed by atoms with Crippen molar-refractivity contribution in [1.29, 1.82) is 0 Å². The van der Waals surface area contributed by atoms with E-state index in [9.17, 15) is 0 Å². The van der Waals surface area contributed by atoms with Crippen LogP contribution in [0.4, 0.5) is 0 Å². The molecule has 0 saturated carbocycles. The molecular weight excluding hydrogens is 292 g/mol. The van der Waals surface area contributed by atoms with Crippen LogP contribution in [0.2, 0.25) is 0 Å². The molecule has 146 valence electrons. The molecule has 0 spiro atoms. The van der Waals surface area contributed by atoms with Crippen molar-refractivity contribution < 1.29 is 0 Å². The van der Waals surface area contributed by atoms with Gasteiger partial charge in [-0.2, -0.15) is 0 Å². The summed E-state index contributed by atoms with van der Waals surface area (Å²) >= 11 is 0. The van der Waals surface area contributed by atoms with Crippen molar-refractivity contribution in [2.24, 2.45) is 0 Å². The zero-order chi connectivity index (χ0) is 19.4. The number of rotatable bonds is 7. The Morgan fingerprint density at radius 2 is 0.583 bits per heavy atom. The first kappa shape index (κ1) is 23.9. The molecule has 0 N–H and O–H groups in total. The average Bonchev–Trinajstić information content (AvgIpc) is 2.25. The fourth-order valence-corrected chi connectivity index (χ4v) is 4.25. The van der Waals surface area contributed by atoms with Crippen LogP contribution in [0.25, 0.3) is 0 Å². The number of hydrogen-bond acceptors (Lipinski definition) is 2. The van der Waals surface area contributed by atoms with Gasteiger partial charge in [-0.05, 0) is 109 Å². The highest BCUT2D eigenvalue weighted by Crippen LogP contribution is 2.27. The maximum Gasteiger partial charge on any atom is 0.0130 e. The molecule has 0 atom stereocenters. The molecule has 0 aromatic rings. The molecule has 2 nitrogen and oxygen atoms in total. The molecule has 0 unspecified atom stereocenters. The summed E-state index contributed by atoms with van der Waals surface area (Å²) in [7, 11) is 0. The Kier molecular flexibility index (Phi) is 8.51. The third-order valence-electron chi connectivity index (χ3n) is 4.75. The van der Waals surface area contributed by atoms with Gasteiger partial charge in [0.15, 0.2) is 0 Å². The van der Waals surface area contributed by atoms with Crippen molar-refractivity contribution in [2.45, 2.75) is 131 Å². The van der Waals surface area contributed by atoms with E-state index in [-0.39, 0.29) is 22.2 Å². The molecule has 0 aromatic carbocycles. The van der Waals surface area contributed by atoms with Gasteiger partial charge in [-0.15, -0.1) is 0 Å². The van der Waals surface area contributed by atoms with Gasteiger partial charge in [0.05, 0.1) is 0 Å². The fourth-order valence-electron chi connectivity index (χ4n) is 4.25. The maximum absolute atomic E-state index is 2.65. The van der Waals surface area contributed by atoms with Gasteiger partial charge in [0.2, 0.25) is 0 Å². The van der Waals surface area contributed by atoms with Gasteiger partial charge < -0.3 is 0 Å². The highest BCUT2D eigenvalue weighted by molar-refractivity contribution is 4.87. The topological polar surface area (TPSA) is 6.48 Å². The second kappa shape index (κ2) is 8.54. The standard InChI is InChI=1S/C22H48N2/c1-19(2,3)23(20(4,5)6)17-15-13-14-16-18-24(21(7,8)9)22(10,11)12/h13-18H2,1-12H3. The summed E-state index contributed by atoms with van der Waals surface area (Å²) in [5.41, 5.74) is 0.974. The van der Waals surface area contributed by atoms with Crippen LogP contribution < -0.4 is 0 Å². The molecule has 0 rings (SSSR count). The third kappa shape index (κ3) is 8.85. The zero-order valence-corrected chi connectivity index (χ0v) is 19.1. The summed E-state index contributed by atoms with van der Waals surface area (Å²) < 4.78 is 0. The summed E-state index contributed by atoms with van der Waals surface area (Å²) in [5.74, 6) is 0. The van der Waals surface area contributed by atoms with Crippen LogP contribution in [-0.2, 0) is 0 Å². The summed E-state index contributed by atoms with van der Waals surface area (Å²) in [6, 6.07) is 0. The Balaban J connectivity index is 4.31. The number of hydrogen-bond donors (Lipinski definition) is 0. The lowest BCUT2D eigenvalue weighted by molar-refractivity contribution is 0.0325. The minimum Gasteiger partial charge on any atom is -0.294 e. The quantitative estimate of drug-likeness (QED) is 0.499. The first-order valence-corrected chi connectivity index (χ1v) is 10.0. The monoisotopic (exact) mass is 340 g/mol. The minimum atomic E-state index is 0.244. The molecule has 0 radical (unpaired) electrons. The molecular formula is C22H48N2. The van der Waals surface area contributed by atoms with E-state index in [0.717, 1.165) is 0 Å². The van der Waals surface area contributed by atoms with Gasteiger partial charge >= 0.3 is 0 Å². The zero-order valence-electron chi connectivity index (χ0n) is 19.1. The highest BCUT2D eigenvalue weighted by atomic mass is 15.2. The van der Waals surface area contributed by atoms with Crippen LogP contribution in [0, 0.1) is 0 Å². The summed E-state index contributed by atoms with van der Waals surface area (Å²) in [4.78, 5) is 5.30. The van der Waals surface area contributed by atoms with Crippen molar-refractivity contribution in [3.8, 4) is 0 Å². The lowest BCUT2D eigenvalue weighted by atomic mass is 9.94. The van der Waals surface area contributed by atoms with Crippen LogP contribution in [-0.4, -0.2) is 45.0 Å². The van der Waals surface area contributed by atoms with Crippen LogP contribution >= 0.6 is 0 Å². The molecule has 24 heavy (non-hydrogen) atoms. The molecule has 0 amide bonds. The smallest absolute Gasteiger partial charge is 0.0130 e. The van der Waals surface area contributed by atoms with E-state index >= 15 is 0 Å². The van der Waals surface area contributed by atoms with Gasteiger partial charge in [0.25, 0.3) is 0 Å². The van der Waals surface area contributed by atoms with Crippen molar-refractivity contribution >= 4 is 0 Å². The predicted molar refractivity (Wildman–Crippen MR) is 111 cm³/mol. The van der Waals surface area contributed by atoms with E-state index in [1.165, 1.54) is 38.8 Å². The minimum absolute atomic E-state index is 0.244. The van der Waals surface area contributed by atoms with Crippen LogP contribution in [0.5, 0.6) is 0 Å². The van der Waals surface area contributed by atoms with Crippen molar-refractivity contribution in [1.82, 2.24) is 9.80 Å². The van der Waals surface area contributed by atoms with Crippen molar-refractivity contribution in [3.63, 3.8) is 0 Å². The molecule has 0 fully saturated rings. The SMILES string of the molecule is CC(C)(C)N(CCCCCCN(C(C)(C)C)C(C)(C)C)C(C)(C)C. The second-order valence-corrected chi connectivity index (χ2v) is 11.4. The van der Waals surface area contributed by atoms with Crippen LogP contribution in [0.1, 0.15) is 109 Å². The van der Waals surface area contributed by atoms with E-state index in [4.69, 9.17) is 0 Å². The average molecular weight is 341 g/mol. The first-order chi connectivity index (χ1) is 10.5. The van der Waals surface area contributed by atoms with Crippen molar-refractivity contribution in [3.05, 3.63) is 0 Å². The molecule has 0 aromatic heterocycles. The summed E-state index contributed by atoms with van der Waals surface area (Å²) in [5, 5.41) is 0. The maximum atomic E-state index is 2.65.